The highest BCUT2D eigenvalue weighted by molar-refractivity contribution is 7.89. The summed E-state index contributed by atoms with van der Waals surface area (Å²) < 4.78 is 32.0. The van der Waals surface area contributed by atoms with Crippen LogP contribution in [0.4, 0.5) is 0 Å². The molecule has 1 unspecified atom stereocenters. The maximum atomic E-state index is 12.2. The van der Waals surface area contributed by atoms with Gasteiger partial charge in [-0.1, -0.05) is 25.4 Å². The van der Waals surface area contributed by atoms with E-state index >= 15 is 0 Å². The van der Waals surface area contributed by atoms with Crippen LogP contribution in [0.5, 0.6) is 5.75 Å². The lowest BCUT2D eigenvalue weighted by Gasteiger charge is -2.16. The van der Waals surface area contributed by atoms with Gasteiger partial charge in [-0.2, -0.15) is 0 Å². The van der Waals surface area contributed by atoms with Gasteiger partial charge in [0.2, 0.25) is 10.0 Å². The zero-order valence-electron chi connectivity index (χ0n) is 11.9. The summed E-state index contributed by atoms with van der Waals surface area (Å²) >= 11 is 5.82. The predicted octanol–water partition coefficient (Wildman–Crippen LogP) is 2.00. The van der Waals surface area contributed by atoms with Gasteiger partial charge >= 0.3 is 0 Å². The van der Waals surface area contributed by atoms with Crippen LogP contribution in [-0.4, -0.2) is 28.1 Å². The molecule has 0 aliphatic rings. The van der Waals surface area contributed by atoms with E-state index in [4.69, 9.17) is 22.1 Å². The third-order valence-electron chi connectivity index (χ3n) is 2.72. The molecule has 1 aromatic rings. The third-order valence-corrected chi connectivity index (χ3v) is 4.42. The van der Waals surface area contributed by atoms with Crippen molar-refractivity contribution in [3.63, 3.8) is 0 Å². The van der Waals surface area contributed by atoms with Gasteiger partial charge < -0.3 is 10.5 Å². The Labute approximate surface area is 125 Å². The van der Waals surface area contributed by atoms with Crippen LogP contribution in [-0.2, 0) is 10.0 Å². The van der Waals surface area contributed by atoms with Crippen molar-refractivity contribution in [1.29, 1.82) is 0 Å². The first kappa shape index (κ1) is 17.2. The maximum absolute atomic E-state index is 12.2. The minimum atomic E-state index is -3.66. The SMILES string of the molecule is COc1cc(Cl)ccc1S(=O)(=O)NCC(N)CC(C)C. The first-order valence-electron chi connectivity index (χ1n) is 6.35. The number of rotatable bonds is 7. The molecule has 20 heavy (non-hydrogen) atoms. The highest BCUT2D eigenvalue weighted by atomic mass is 35.5. The van der Waals surface area contributed by atoms with E-state index in [0.29, 0.717) is 10.9 Å². The average molecular weight is 321 g/mol. The Kier molecular flexibility index (Phi) is 6.26. The largest absolute Gasteiger partial charge is 0.495 e. The van der Waals surface area contributed by atoms with Crippen LogP contribution in [0.15, 0.2) is 23.1 Å². The molecular weight excluding hydrogens is 300 g/mol. The summed E-state index contributed by atoms with van der Waals surface area (Å²) in [5.41, 5.74) is 5.88. The van der Waals surface area contributed by atoms with Gasteiger partial charge in [0.05, 0.1) is 7.11 Å². The Bertz CT molecular complexity index is 547. The number of methoxy groups -OCH3 is 1. The van der Waals surface area contributed by atoms with Crippen molar-refractivity contribution in [2.45, 2.75) is 31.2 Å². The number of hydrogen-bond acceptors (Lipinski definition) is 4. The van der Waals surface area contributed by atoms with Crippen molar-refractivity contribution in [2.24, 2.45) is 11.7 Å². The third kappa shape index (κ3) is 4.94. The average Bonchev–Trinajstić information content (AvgIpc) is 2.35. The van der Waals surface area contributed by atoms with E-state index < -0.39 is 10.0 Å². The number of nitrogens with two attached hydrogens (primary N) is 1. The quantitative estimate of drug-likeness (QED) is 0.805. The van der Waals surface area contributed by atoms with Gasteiger partial charge in [0.25, 0.3) is 0 Å². The monoisotopic (exact) mass is 320 g/mol. The van der Waals surface area contributed by atoms with Gasteiger partial charge in [0, 0.05) is 23.7 Å². The smallest absolute Gasteiger partial charge is 0.244 e. The molecule has 0 aromatic heterocycles. The second kappa shape index (κ2) is 7.26. The summed E-state index contributed by atoms with van der Waals surface area (Å²) in [6.07, 6.45) is 0.750. The number of benzene rings is 1. The number of ether oxygens (including phenoxy) is 1. The topological polar surface area (TPSA) is 81.4 Å². The van der Waals surface area contributed by atoms with E-state index in [1.165, 1.54) is 25.3 Å². The second-order valence-corrected chi connectivity index (χ2v) is 7.21. The molecule has 0 aliphatic carbocycles. The van der Waals surface area contributed by atoms with E-state index in [1.54, 1.807) is 0 Å². The Morgan fingerprint density at radius 3 is 2.60 bits per heavy atom. The Morgan fingerprint density at radius 1 is 1.40 bits per heavy atom. The predicted molar refractivity (Wildman–Crippen MR) is 80.6 cm³/mol. The lowest BCUT2D eigenvalue weighted by Crippen LogP contribution is -2.38. The normalized spacial score (nSPS) is 13.5. The van der Waals surface area contributed by atoms with E-state index in [2.05, 4.69) is 4.72 Å². The molecule has 0 heterocycles. The van der Waals surface area contributed by atoms with Gasteiger partial charge in [0.1, 0.15) is 10.6 Å². The zero-order valence-corrected chi connectivity index (χ0v) is 13.5. The van der Waals surface area contributed by atoms with E-state index in [0.717, 1.165) is 6.42 Å². The van der Waals surface area contributed by atoms with Crippen molar-refractivity contribution in [2.75, 3.05) is 13.7 Å². The summed E-state index contributed by atoms with van der Waals surface area (Å²) in [6.45, 7) is 4.26. The molecule has 0 aliphatic heterocycles. The highest BCUT2D eigenvalue weighted by Crippen LogP contribution is 2.26. The molecule has 114 valence electrons. The Balaban J connectivity index is 2.84. The summed E-state index contributed by atoms with van der Waals surface area (Å²) in [5, 5.41) is 0.414. The lowest BCUT2D eigenvalue weighted by atomic mass is 10.1. The van der Waals surface area contributed by atoms with Gasteiger partial charge in [0.15, 0.2) is 0 Å². The summed E-state index contributed by atoms with van der Waals surface area (Å²) in [7, 11) is -2.27. The molecule has 0 fully saturated rings. The van der Waals surface area contributed by atoms with E-state index in [1.807, 2.05) is 13.8 Å². The molecule has 0 saturated carbocycles. The minimum Gasteiger partial charge on any atom is -0.495 e. The van der Waals surface area contributed by atoms with Crippen molar-refractivity contribution < 1.29 is 13.2 Å². The fraction of sp³-hybridized carbons (Fsp3) is 0.538. The first-order valence-corrected chi connectivity index (χ1v) is 8.21. The molecular formula is C13H21ClN2O3S. The molecule has 1 aromatic carbocycles. The van der Waals surface area contributed by atoms with Crippen LogP contribution in [0.1, 0.15) is 20.3 Å². The second-order valence-electron chi connectivity index (χ2n) is 5.04. The number of sulfonamides is 1. The minimum absolute atomic E-state index is 0.0566. The molecule has 0 bridgehead atoms. The molecule has 7 heteroatoms. The molecule has 1 atom stereocenters. The van der Waals surface area contributed by atoms with Gasteiger partial charge in [-0.15, -0.1) is 0 Å². The van der Waals surface area contributed by atoms with Crippen LogP contribution >= 0.6 is 11.6 Å². The van der Waals surface area contributed by atoms with Gasteiger partial charge in [-0.05, 0) is 24.5 Å². The Morgan fingerprint density at radius 2 is 2.05 bits per heavy atom. The molecule has 5 nitrogen and oxygen atoms in total. The molecule has 0 amide bonds. The number of hydrogen-bond donors (Lipinski definition) is 2. The van der Waals surface area contributed by atoms with Crippen molar-refractivity contribution in [1.82, 2.24) is 4.72 Å². The number of nitrogens with one attached hydrogen (secondary N) is 1. The van der Waals surface area contributed by atoms with Crippen LogP contribution in [0.2, 0.25) is 5.02 Å². The van der Waals surface area contributed by atoms with E-state index in [-0.39, 0.29) is 23.2 Å². The lowest BCUT2D eigenvalue weighted by molar-refractivity contribution is 0.402. The fourth-order valence-electron chi connectivity index (χ4n) is 1.85. The van der Waals surface area contributed by atoms with Gasteiger partial charge in [-0.3, -0.25) is 0 Å². The molecule has 0 radical (unpaired) electrons. The van der Waals surface area contributed by atoms with E-state index in [9.17, 15) is 8.42 Å². The fourth-order valence-corrected chi connectivity index (χ4v) is 3.25. The highest BCUT2D eigenvalue weighted by Gasteiger charge is 2.20. The Hall–Kier alpha value is -0.820. The van der Waals surface area contributed by atoms with Crippen molar-refractivity contribution >= 4 is 21.6 Å². The summed E-state index contributed by atoms with van der Waals surface area (Å²) in [5.74, 6) is 0.627. The summed E-state index contributed by atoms with van der Waals surface area (Å²) in [6, 6.07) is 4.16. The zero-order chi connectivity index (χ0) is 15.3. The van der Waals surface area contributed by atoms with Crippen molar-refractivity contribution in [3.05, 3.63) is 23.2 Å². The van der Waals surface area contributed by atoms with Crippen LogP contribution in [0.25, 0.3) is 0 Å². The van der Waals surface area contributed by atoms with Crippen LogP contribution in [0, 0.1) is 5.92 Å². The molecule has 0 saturated heterocycles. The van der Waals surface area contributed by atoms with Crippen LogP contribution < -0.4 is 15.2 Å². The van der Waals surface area contributed by atoms with Crippen LogP contribution in [0.3, 0.4) is 0 Å². The molecule has 3 N–H and O–H groups in total. The van der Waals surface area contributed by atoms with Gasteiger partial charge in [-0.25, -0.2) is 13.1 Å². The molecule has 0 spiro atoms. The van der Waals surface area contributed by atoms with Crippen molar-refractivity contribution in [3.8, 4) is 5.75 Å². The molecule has 1 rings (SSSR count). The number of halogens is 1. The summed E-state index contributed by atoms with van der Waals surface area (Å²) in [4.78, 5) is 0.0566. The first-order chi connectivity index (χ1) is 9.26. The standard InChI is InChI=1S/C13H21ClN2O3S/c1-9(2)6-11(15)8-16-20(17,18)13-5-4-10(14)7-12(13)19-3/h4-5,7,9,11,16H,6,8,15H2,1-3H3. The maximum Gasteiger partial charge on any atom is 0.244 e.